The molecule has 1 heterocycles. The average Bonchev–Trinajstić information content (AvgIpc) is 2.65. The van der Waals surface area contributed by atoms with Crippen molar-refractivity contribution >= 4 is 18.0 Å². The van der Waals surface area contributed by atoms with Gasteiger partial charge in [-0.15, -0.1) is 0 Å². The molecule has 1 N–H and O–H groups in total. The summed E-state index contributed by atoms with van der Waals surface area (Å²) in [5, 5.41) is 3.02. The van der Waals surface area contributed by atoms with E-state index in [-0.39, 0.29) is 0 Å². The van der Waals surface area contributed by atoms with Gasteiger partial charge in [-0.25, -0.2) is 0 Å². The van der Waals surface area contributed by atoms with Crippen LogP contribution in [0.15, 0.2) is 42.5 Å². The molecule has 3 rings (SSSR count). The second-order valence-electron chi connectivity index (χ2n) is 5.31. The van der Waals surface area contributed by atoms with Crippen molar-refractivity contribution in [1.29, 1.82) is 0 Å². The lowest BCUT2D eigenvalue weighted by Gasteiger charge is -2.18. The number of para-hydroxylation sites is 1. The minimum Gasteiger partial charge on any atom is -0.457 e. The van der Waals surface area contributed by atoms with Crippen molar-refractivity contribution < 1.29 is 9.53 Å². The molecule has 2 aromatic rings. The van der Waals surface area contributed by atoms with E-state index in [4.69, 9.17) is 21.1 Å². The maximum atomic E-state index is 9.06. The van der Waals surface area contributed by atoms with Gasteiger partial charge in [-0.2, -0.15) is 0 Å². The number of fused-ring (bicyclic) bond motifs is 2. The summed E-state index contributed by atoms with van der Waals surface area (Å²) in [7, 11) is 1.56. The van der Waals surface area contributed by atoms with Crippen LogP contribution in [0.25, 0.3) is 0 Å². The van der Waals surface area contributed by atoms with Gasteiger partial charge in [0.15, 0.2) is 0 Å². The fourth-order valence-corrected chi connectivity index (χ4v) is 2.76. The van der Waals surface area contributed by atoms with E-state index in [2.05, 4.69) is 31.3 Å². The standard InChI is InChI=1S/C16H15ClO.C2H5NO/c1-10-11(2)14-9-12(17)7-8-16(14)18-15-6-4-3-5-13(10)15;1-3-2-4/h3-11H,1-2H3;2H,1H3,(H,3,4)/t10-,11-;/m0./s1. The monoisotopic (exact) mass is 317 g/mol. The van der Waals surface area contributed by atoms with Crippen LogP contribution in [0, 0.1) is 0 Å². The first kappa shape index (κ1) is 16.4. The van der Waals surface area contributed by atoms with Crippen LogP contribution in [0.4, 0.5) is 0 Å². The molecule has 4 heteroatoms. The predicted octanol–water partition coefficient (Wildman–Crippen LogP) is 4.72. The minimum absolute atomic E-state index is 0.391. The van der Waals surface area contributed by atoms with Gasteiger partial charge < -0.3 is 10.1 Å². The number of rotatable bonds is 1. The Kier molecular flexibility index (Phi) is 5.45. The van der Waals surface area contributed by atoms with Gasteiger partial charge in [0.05, 0.1) is 0 Å². The number of nitrogens with one attached hydrogen (secondary N) is 1. The Morgan fingerprint density at radius 1 is 1.05 bits per heavy atom. The quantitative estimate of drug-likeness (QED) is 0.773. The Hall–Kier alpha value is -2.00. The zero-order valence-corrected chi connectivity index (χ0v) is 13.7. The van der Waals surface area contributed by atoms with Gasteiger partial charge in [0, 0.05) is 12.1 Å². The van der Waals surface area contributed by atoms with Crippen LogP contribution in [-0.2, 0) is 4.79 Å². The third-order valence-corrected chi connectivity index (χ3v) is 4.19. The lowest BCUT2D eigenvalue weighted by Crippen LogP contribution is -2.02. The molecule has 1 amide bonds. The van der Waals surface area contributed by atoms with Gasteiger partial charge in [0.2, 0.25) is 6.41 Å². The Morgan fingerprint density at radius 2 is 1.64 bits per heavy atom. The normalized spacial score (nSPS) is 18.5. The molecule has 116 valence electrons. The highest BCUT2D eigenvalue weighted by atomic mass is 35.5. The molecule has 1 aliphatic heterocycles. The lowest BCUT2D eigenvalue weighted by molar-refractivity contribution is -0.109. The number of carbonyl (C=O) groups is 1. The molecular weight excluding hydrogens is 298 g/mol. The van der Waals surface area contributed by atoms with Crippen molar-refractivity contribution in [1.82, 2.24) is 5.32 Å². The lowest BCUT2D eigenvalue weighted by atomic mass is 9.84. The smallest absolute Gasteiger partial charge is 0.206 e. The number of ether oxygens (including phenoxy) is 1. The average molecular weight is 318 g/mol. The van der Waals surface area contributed by atoms with Crippen LogP contribution in [-0.4, -0.2) is 13.5 Å². The number of hydrogen-bond acceptors (Lipinski definition) is 2. The van der Waals surface area contributed by atoms with Gasteiger partial charge in [-0.3, -0.25) is 4.79 Å². The highest BCUT2D eigenvalue weighted by molar-refractivity contribution is 6.30. The van der Waals surface area contributed by atoms with E-state index < -0.39 is 0 Å². The maximum absolute atomic E-state index is 9.06. The van der Waals surface area contributed by atoms with Crippen molar-refractivity contribution in [3.8, 4) is 11.5 Å². The number of amides is 1. The summed E-state index contributed by atoms with van der Waals surface area (Å²) in [6, 6.07) is 14.1. The zero-order chi connectivity index (χ0) is 16.1. The Morgan fingerprint density at radius 3 is 2.32 bits per heavy atom. The van der Waals surface area contributed by atoms with Crippen LogP contribution in [0.3, 0.4) is 0 Å². The fourth-order valence-electron chi connectivity index (χ4n) is 2.57. The van der Waals surface area contributed by atoms with E-state index in [1.807, 2.05) is 30.3 Å². The summed E-state index contributed by atoms with van der Waals surface area (Å²) < 4.78 is 6.04. The van der Waals surface area contributed by atoms with Crippen molar-refractivity contribution in [2.75, 3.05) is 7.05 Å². The van der Waals surface area contributed by atoms with Crippen LogP contribution < -0.4 is 10.1 Å². The maximum Gasteiger partial charge on any atom is 0.206 e. The molecule has 1 aliphatic rings. The van der Waals surface area contributed by atoms with E-state index >= 15 is 0 Å². The largest absolute Gasteiger partial charge is 0.457 e. The third-order valence-electron chi connectivity index (χ3n) is 3.96. The molecular formula is C18H20ClNO2. The Labute approximate surface area is 136 Å². The molecule has 0 saturated heterocycles. The summed E-state index contributed by atoms with van der Waals surface area (Å²) >= 11 is 6.10. The van der Waals surface area contributed by atoms with Gasteiger partial charge in [0.25, 0.3) is 0 Å². The predicted molar refractivity (Wildman–Crippen MR) is 89.9 cm³/mol. The summed E-state index contributed by atoms with van der Waals surface area (Å²) in [5.74, 6) is 2.69. The summed E-state index contributed by atoms with van der Waals surface area (Å²) in [6.07, 6.45) is 0.625. The molecule has 3 nitrogen and oxygen atoms in total. The molecule has 0 aromatic heterocycles. The summed E-state index contributed by atoms with van der Waals surface area (Å²) in [4.78, 5) is 9.06. The summed E-state index contributed by atoms with van der Waals surface area (Å²) in [5.41, 5.74) is 2.45. The second kappa shape index (κ2) is 7.32. The van der Waals surface area contributed by atoms with Gasteiger partial charge in [-0.1, -0.05) is 43.6 Å². The third kappa shape index (κ3) is 3.42. The molecule has 0 fully saturated rings. The van der Waals surface area contributed by atoms with Crippen molar-refractivity contribution in [3.05, 3.63) is 58.6 Å². The first-order chi connectivity index (χ1) is 10.6. The Balaban J connectivity index is 0.000000396. The molecule has 0 aliphatic carbocycles. The number of halogens is 1. The number of hydrogen-bond donors (Lipinski definition) is 1. The van der Waals surface area contributed by atoms with Gasteiger partial charge >= 0.3 is 0 Å². The van der Waals surface area contributed by atoms with E-state index in [9.17, 15) is 0 Å². The van der Waals surface area contributed by atoms with Gasteiger partial charge in [-0.05, 0) is 47.2 Å². The van der Waals surface area contributed by atoms with Crippen LogP contribution >= 0.6 is 11.6 Å². The van der Waals surface area contributed by atoms with Crippen LogP contribution in [0.5, 0.6) is 11.5 Å². The fraction of sp³-hybridized carbons (Fsp3) is 0.278. The molecule has 0 unspecified atom stereocenters. The van der Waals surface area contributed by atoms with E-state index in [1.54, 1.807) is 7.05 Å². The molecule has 0 spiro atoms. The Bertz CT molecular complexity index is 657. The molecule has 2 atom stereocenters. The van der Waals surface area contributed by atoms with Crippen molar-refractivity contribution in [2.24, 2.45) is 0 Å². The van der Waals surface area contributed by atoms with Crippen LogP contribution in [0.2, 0.25) is 5.02 Å². The molecule has 2 aromatic carbocycles. The van der Waals surface area contributed by atoms with Gasteiger partial charge in [0.1, 0.15) is 11.5 Å². The second-order valence-corrected chi connectivity index (χ2v) is 5.74. The topological polar surface area (TPSA) is 38.3 Å². The summed E-state index contributed by atoms with van der Waals surface area (Å²) in [6.45, 7) is 4.47. The molecule has 0 bridgehead atoms. The molecule has 22 heavy (non-hydrogen) atoms. The van der Waals surface area contributed by atoms with E-state index in [0.717, 1.165) is 16.5 Å². The minimum atomic E-state index is 0.391. The first-order valence-electron chi connectivity index (χ1n) is 7.25. The van der Waals surface area contributed by atoms with Crippen molar-refractivity contribution in [3.63, 3.8) is 0 Å². The SMILES string of the molecule is CNC=O.C[C@@H]1c2ccccc2Oc2ccc(Cl)cc2[C@H]1C. The zero-order valence-electron chi connectivity index (χ0n) is 13.0. The molecule has 0 radical (unpaired) electrons. The van der Waals surface area contributed by atoms with Crippen molar-refractivity contribution in [2.45, 2.75) is 25.7 Å². The highest BCUT2D eigenvalue weighted by Crippen LogP contribution is 2.46. The number of carbonyl (C=O) groups excluding carboxylic acids is 1. The molecule has 0 saturated carbocycles. The number of benzene rings is 2. The van der Waals surface area contributed by atoms with Crippen LogP contribution in [0.1, 0.15) is 36.8 Å². The van der Waals surface area contributed by atoms with E-state index in [0.29, 0.717) is 18.2 Å². The highest BCUT2D eigenvalue weighted by Gasteiger charge is 2.26. The van der Waals surface area contributed by atoms with E-state index in [1.165, 1.54) is 11.1 Å². The first-order valence-corrected chi connectivity index (χ1v) is 7.63.